The summed E-state index contributed by atoms with van der Waals surface area (Å²) in [6.45, 7) is 5.46. The average molecular weight is 357 g/mol. The highest BCUT2D eigenvalue weighted by molar-refractivity contribution is 7.21. The van der Waals surface area contributed by atoms with Crippen LogP contribution in [0.25, 0.3) is 21.5 Å². The highest BCUT2D eigenvalue weighted by Gasteiger charge is 2.23. The van der Waals surface area contributed by atoms with E-state index in [-0.39, 0.29) is 0 Å². The third kappa shape index (κ3) is 2.73. The molecule has 0 radical (unpaired) electrons. The molecule has 1 aliphatic heterocycles. The number of aryl methyl sites for hydroxylation is 1. The molecule has 8 heteroatoms. The molecule has 3 aromatic heterocycles. The maximum atomic E-state index is 11.7. The number of nitrogen functional groups attached to an aromatic ring is 1. The number of pyridine rings is 1. The summed E-state index contributed by atoms with van der Waals surface area (Å²) in [6.07, 6.45) is 0. The van der Waals surface area contributed by atoms with E-state index in [9.17, 15) is 4.79 Å². The van der Waals surface area contributed by atoms with E-state index in [0.29, 0.717) is 21.2 Å². The number of anilines is 2. The van der Waals surface area contributed by atoms with Gasteiger partial charge in [-0.2, -0.15) is 0 Å². The number of thiophene rings is 1. The third-order valence-electron chi connectivity index (χ3n) is 4.36. The smallest absolute Gasteiger partial charge is 0.260 e. The highest BCUT2D eigenvalue weighted by Crippen LogP contribution is 2.41. The van der Waals surface area contributed by atoms with Gasteiger partial charge in [0.25, 0.3) is 5.91 Å². The zero-order chi connectivity index (χ0) is 17.6. The number of amides is 1. The predicted octanol–water partition coefficient (Wildman–Crippen LogP) is 1.96. The molecule has 0 unspecified atom stereocenters. The summed E-state index contributed by atoms with van der Waals surface area (Å²) in [6, 6.07) is 5.80. The molecule has 7 nitrogen and oxygen atoms in total. The lowest BCUT2D eigenvalue weighted by atomic mass is 10.1. The Morgan fingerprint density at radius 1 is 1.36 bits per heavy atom. The van der Waals surface area contributed by atoms with Gasteiger partial charge >= 0.3 is 0 Å². The van der Waals surface area contributed by atoms with Crippen LogP contribution in [0.5, 0.6) is 0 Å². The number of fused-ring (bicyclic) bond motifs is 1. The van der Waals surface area contributed by atoms with Crippen LogP contribution in [0.4, 0.5) is 11.5 Å². The van der Waals surface area contributed by atoms with Gasteiger partial charge in [-0.05, 0) is 25.1 Å². The molecule has 1 fully saturated rings. The largest absolute Gasteiger partial charge is 0.461 e. The van der Waals surface area contributed by atoms with Crippen molar-refractivity contribution in [3.8, 4) is 11.3 Å². The Labute approximate surface area is 148 Å². The molecule has 0 aliphatic carbocycles. The standard InChI is InChI=1S/C17H19N5O2S/c1-9-2-3-11(24-9)10-8-12(22-6-4-20-5-7-22)21-17-13(10)14(18)15(25-17)16(19)23/h2-3,8,20H,4-7,18H2,1H3,(H2,19,23). The molecule has 4 heterocycles. The van der Waals surface area contributed by atoms with Gasteiger partial charge in [-0.15, -0.1) is 11.3 Å². The van der Waals surface area contributed by atoms with E-state index in [1.54, 1.807) is 0 Å². The van der Waals surface area contributed by atoms with Crippen molar-refractivity contribution in [3.63, 3.8) is 0 Å². The molecular weight excluding hydrogens is 338 g/mol. The molecule has 0 spiro atoms. The van der Waals surface area contributed by atoms with E-state index in [0.717, 1.165) is 48.7 Å². The lowest BCUT2D eigenvalue weighted by Gasteiger charge is -2.28. The molecule has 25 heavy (non-hydrogen) atoms. The number of hydrogen-bond donors (Lipinski definition) is 3. The lowest BCUT2D eigenvalue weighted by Crippen LogP contribution is -2.43. The van der Waals surface area contributed by atoms with Gasteiger partial charge in [-0.25, -0.2) is 4.98 Å². The third-order valence-corrected chi connectivity index (χ3v) is 5.47. The molecule has 1 aliphatic rings. The number of nitrogens with zero attached hydrogens (tertiary/aromatic N) is 2. The first kappa shape index (κ1) is 15.9. The first-order chi connectivity index (χ1) is 12.0. The van der Waals surface area contributed by atoms with Crippen LogP contribution in [0.2, 0.25) is 0 Å². The summed E-state index contributed by atoms with van der Waals surface area (Å²) < 4.78 is 5.82. The van der Waals surface area contributed by atoms with Gasteiger partial charge in [-0.3, -0.25) is 4.79 Å². The second-order valence-corrected chi connectivity index (χ2v) is 7.06. The van der Waals surface area contributed by atoms with E-state index in [4.69, 9.17) is 20.9 Å². The number of rotatable bonds is 3. The van der Waals surface area contributed by atoms with Crippen LogP contribution in [-0.4, -0.2) is 37.1 Å². The van der Waals surface area contributed by atoms with Crippen molar-refractivity contribution < 1.29 is 9.21 Å². The Morgan fingerprint density at radius 3 is 2.76 bits per heavy atom. The normalized spacial score (nSPS) is 15.0. The summed E-state index contributed by atoms with van der Waals surface area (Å²) >= 11 is 1.23. The monoisotopic (exact) mass is 357 g/mol. The summed E-state index contributed by atoms with van der Waals surface area (Å²) in [4.78, 5) is 19.7. The van der Waals surface area contributed by atoms with Gasteiger partial charge in [-0.1, -0.05) is 0 Å². The Hall–Kier alpha value is -2.58. The van der Waals surface area contributed by atoms with Crippen molar-refractivity contribution in [1.82, 2.24) is 10.3 Å². The number of nitrogens with one attached hydrogen (secondary N) is 1. The van der Waals surface area contributed by atoms with Gasteiger partial charge in [0.1, 0.15) is 27.0 Å². The van der Waals surface area contributed by atoms with Crippen LogP contribution in [0.1, 0.15) is 15.4 Å². The van der Waals surface area contributed by atoms with E-state index in [1.807, 2.05) is 25.1 Å². The number of furan rings is 1. The van der Waals surface area contributed by atoms with Crippen LogP contribution < -0.4 is 21.7 Å². The Balaban J connectivity index is 1.96. The van der Waals surface area contributed by atoms with Crippen molar-refractivity contribution in [2.45, 2.75) is 6.92 Å². The first-order valence-electron chi connectivity index (χ1n) is 8.10. The van der Waals surface area contributed by atoms with Crippen LogP contribution in [0.15, 0.2) is 22.6 Å². The van der Waals surface area contributed by atoms with Crippen molar-refractivity contribution >= 4 is 39.0 Å². The minimum Gasteiger partial charge on any atom is -0.461 e. The number of carbonyl (C=O) groups excluding carboxylic acids is 1. The molecule has 0 bridgehead atoms. The minimum absolute atomic E-state index is 0.337. The fourth-order valence-electron chi connectivity index (χ4n) is 3.12. The van der Waals surface area contributed by atoms with Crippen LogP contribution >= 0.6 is 11.3 Å². The fourth-order valence-corrected chi connectivity index (χ4v) is 4.09. The summed E-state index contributed by atoms with van der Waals surface area (Å²) in [7, 11) is 0. The molecule has 4 rings (SSSR count). The maximum absolute atomic E-state index is 11.7. The topological polar surface area (TPSA) is 110 Å². The second-order valence-electron chi connectivity index (χ2n) is 6.06. The van der Waals surface area contributed by atoms with Gasteiger partial charge in [0.2, 0.25) is 0 Å². The number of piperazine rings is 1. The van der Waals surface area contributed by atoms with E-state index in [1.165, 1.54) is 11.3 Å². The first-order valence-corrected chi connectivity index (χ1v) is 8.91. The van der Waals surface area contributed by atoms with Crippen molar-refractivity contribution in [3.05, 3.63) is 28.8 Å². The fraction of sp³-hybridized carbons (Fsp3) is 0.294. The maximum Gasteiger partial charge on any atom is 0.260 e. The molecule has 130 valence electrons. The number of aromatic nitrogens is 1. The van der Waals surface area contributed by atoms with Crippen molar-refractivity contribution in [2.75, 3.05) is 36.8 Å². The van der Waals surface area contributed by atoms with Gasteiger partial charge in [0, 0.05) is 37.1 Å². The van der Waals surface area contributed by atoms with Crippen LogP contribution in [0, 0.1) is 6.92 Å². The number of hydrogen-bond acceptors (Lipinski definition) is 7. The van der Waals surface area contributed by atoms with Crippen molar-refractivity contribution in [2.24, 2.45) is 5.73 Å². The molecule has 0 aromatic carbocycles. The number of carbonyl (C=O) groups is 1. The zero-order valence-electron chi connectivity index (χ0n) is 13.8. The second kappa shape index (κ2) is 6.05. The average Bonchev–Trinajstić information content (AvgIpc) is 3.19. The van der Waals surface area contributed by atoms with Gasteiger partial charge in [0.15, 0.2) is 0 Å². The Morgan fingerprint density at radius 2 is 2.12 bits per heavy atom. The van der Waals surface area contributed by atoms with E-state index in [2.05, 4.69) is 10.2 Å². The quantitative estimate of drug-likeness (QED) is 0.661. The molecule has 3 aromatic rings. The molecule has 0 atom stereocenters. The molecule has 5 N–H and O–H groups in total. The Kier molecular flexibility index (Phi) is 3.85. The lowest BCUT2D eigenvalue weighted by molar-refractivity contribution is 0.100. The molecule has 0 saturated carbocycles. The summed E-state index contributed by atoms with van der Waals surface area (Å²) in [5.41, 5.74) is 12.9. The number of nitrogens with two attached hydrogens (primary N) is 2. The van der Waals surface area contributed by atoms with Gasteiger partial charge in [0.05, 0.1) is 5.69 Å². The summed E-state index contributed by atoms with van der Waals surface area (Å²) in [5, 5.41) is 4.06. The minimum atomic E-state index is -0.536. The number of primary amides is 1. The van der Waals surface area contributed by atoms with Gasteiger partial charge < -0.3 is 26.1 Å². The SMILES string of the molecule is Cc1ccc(-c2cc(N3CCNCC3)nc3sc(C(N)=O)c(N)c23)o1. The summed E-state index contributed by atoms with van der Waals surface area (Å²) in [5.74, 6) is 1.84. The van der Waals surface area contributed by atoms with Crippen molar-refractivity contribution in [1.29, 1.82) is 0 Å². The molecular formula is C17H19N5O2S. The zero-order valence-corrected chi connectivity index (χ0v) is 14.7. The predicted molar refractivity (Wildman–Crippen MR) is 100 cm³/mol. The molecule has 1 amide bonds. The van der Waals surface area contributed by atoms with Crippen LogP contribution in [0.3, 0.4) is 0 Å². The Bertz CT molecular complexity index is 956. The molecule has 1 saturated heterocycles. The van der Waals surface area contributed by atoms with E-state index >= 15 is 0 Å². The van der Waals surface area contributed by atoms with Crippen LogP contribution in [-0.2, 0) is 0 Å². The van der Waals surface area contributed by atoms with E-state index < -0.39 is 5.91 Å². The highest BCUT2D eigenvalue weighted by atomic mass is 32.1.